The molecular weight excluding hydrogens is 312 g/mol. The van der Waals surface area contributed by atoms with E-state index in [-0.39, 0.29) is 18.2 Å². The number of nitrogens with zero attached hydrogens (tertiary/aromatic N) is 1. The fourth-order valence-corrected chi connectivity index (χ4v) is 2.29. The highest BCUT2D eigenvalue weighted by Gasteiger charge is 2.16. The molecular formula is C18H19ClN2O2. The van der Waals surface area contributed by atoms with Crippen molar-refractivity contribution in [3.8, 4) is 0 Å². The lowest BCUT2D eigenvalue weighted by molar-refractivity contribution is -0.134. The van der Waals surface area contributed by atoms with Crippen LogP contribution in [0.3, 0.4) is 0 Å². The first-order valence-electron chi connectivity index (χ1n) is 7.45. The van der Waals surface area contributed by atoms with Gasteiger partial charge in [-0.1, -0.05) is 41.9 Å². The topological polar surface area (TPSA) is 49.4 Å². The number of carbonyl (C=O) groups excluding carboxylic acids is 2. The first kappa shape index (κ1) is 17.0. The molecule has 0 saturated heterocycles. The first-order valence-corrected chi connectivity index (χ1v) is 7.83. The lowest BCUT2D eigenvalue weighted by Crippen LogP contribution is -2.33. The number of amides is 2. The highest BCUT2D eigenvalue weighted by Crippen LogP contribution is 2.14. The maximum atomic E-state index is 12.3. The molecule has 0 saturated carbocycles. The molecule has 0 aromatic heterocycles. The standard InChI is InChI=1S/C18H19ClN2O2/c1-2-21(13-14-6-4-3-5-7-14)18(23)12-17(22)20-16-10-8-15(19)9-11-16/h3-11H,2,12-13H2,1H3,(H,20,22). The van der Waals surface area contributed by atoms with Gasteiger partial charge in [0.15, 0.2) is 0 Å². The fourth-order valence-electron chi connectivity index (χ4n) is 2.17. The molecule has 0 bridgehead atoms. The largest absolute Gasteiger partial charge is 0.338 e. The van der Waals surface area contributed by atoms with Crippen LogP contribution in [0, 0.1) is 0 Å². The third kappa shape index (κ3) is 5.42. The monoisotopic (exact) mass is 330 g/mol. The Hall–Kier alpha value is -2.33. The van der Waals surface area contributed by atoms with Crippen LogP contribution >= 0.6 is 11.6 Å². The number of benzene rings is 2. The molecule has 0 spiro atoms. The Balaban J connectivity index is 1.90. The SMILES string of the molecule is CCN(Cc1ccccc1)C(=O)CC(=O)Nc1ccc(Cl)cc1. The molecule has 0 unspecified atom stereocenters. The highest BCUT2D eigenvalue weighted by molar-refractivity contribution is 6.30. The van der Waals surface area contributed by atoms with Crippen molar-refractivity contribution < 1.29 is 9.59 Å². The molecule has 0 aliphatic rings. The zero-order chi connectivity index (χ0) is 16.7. The summed E-state index contributed by atoms with van der Waals surface area (Å²) in [5.74, 6) is -0.522. The second-order valence-electron chi connectivity index (χ2n) is 5.13. The third-order valence-corrected chi connectivity index (χ3v) is 3.64. The summed E-state index contributed by atoms with van der Waals surface area (Å²) in [6.07, 6.45) is -0.177. The van der Waals surface area contributed by atoms with Crippen molar-refractivity contribution in [1.82, 2.24) is 4.90 Å². The van der Waals surface area contributed by atoms with Crippen LogP contribution in [0.15, 0.2) is 54.6 Å². The van der Waals surface area contributed by atoms with Crippen molar-refractivity contribution in [3.05, 3.63) is 65.2 Å². The van der Waals surface area contributed by atoms with Crippen LogP contribution in [-0.2, 0) is 16.1 Å². The van der Waals surface area contributed by atoms with E-state index in [9.17, 15) is 9.59 Å². The van der Waals surface area contributed by atoms with Crippen molar-refractivity contribution >= 4 is 29.1 Å². The molecule has 2 aromatic rings. The zero-order valence-electron chi connectivity index (χ0n) is 13.0. The average molecular weight is 331 g/mol. The highest BCUT2D eigenvalue weighted by atomic mass is 35.5. The van der Waals surface area contributed by atoms with Crippen LogP contribution in [0.5, 0.6) is 0 Å². The molecule has 2 aromatic carbocycles. The number of halogens is 1. The van der Waals surface area contributed by atoms with Gasteiger partial charge in [0.25, 0.3) is 0 Å². The molecule has 0 atom stereocenters. The molecule has 4 nitrogen and oxygen atoms in total. The Morgan fingerprint density at radius 3 is 2.30 bits per heavy atom. The summed E-state index contributed by atoms with van der Waals surface area (Å²) in [6, 6.07) is 16.5. The number of carbonyl (C=O) groups is 2. The molecule has 0 heterocycles. The van der Waals surface area contributed by atoms with E-state index in [2.05, 4.69) is 5.32 Å². The smallest absolute Gasteiger partial charge is 0.233 e. The van der Waals surface area contributed by atoms with Crippen LogP contribution in [0.1, 0.15) is 18.9 Å². The normalized spacial score (nSPS) is 10.2. The quantitative estimate of drug-likeness (QED) is 0.821. The molecule has 0 aliphatic heterocycles. The van der Waals surface area contributed by atoms with Crippen LogP contribution < -0.4 is 5.32 Å². The van der Waals surface area contributed by atoms with E-state index in [0.717, 1.165) is 5.56 Å². The van der Waals surface area contributed by atoms with Gasteiger partial charge in [0.1, 0.15) is 6.42 Å². The number of anilines is 1. The summed E-state index contributed by atoms with van der Waals surface area (Å²) in [4.78, 5) is 25.9. The number of rotatable bonds is 6. The van der Waals surface area contributed by atoms with Gasteiger partial charge in [0.05, 0.1) is 0 Å². The van der Waals surface area contributed by atoms with E-state index in [1.165, 1.54) is 0 Å². The summed E-state index contributed by atoms with van der Waals surface area (Å²) in [7, 11) is 0. The fraction of sp³-hybridized carbons (Fsp3) is 0.222. The van der Waals surface area contributed by atoms with Gasteiger partial charge in [-0.05, 0) is 36.8 Å². The Labute approximate surface area is 141 Å². The summed E-state index contributed by atoms with van der Waals surface area (Å²) < 4.78 is 0. The molecule has 5 heteroatoms. The third-order valence-electron chi connectivity index (χ3n) is 3.39. The second kappa shape index (κ2) is 8.34. The first-order chi connectivity index (χ1) is 11.1. The molecule has 2 rings (SSSR count). The summed E-state index contributed by atoms with van der Waals surface area (Å²) in [5, 5.41) is 3.29. The van der Waals surface area contributed by atoms with Crippen molar-refractivity contribution in [3.63, 3.8) is 0 Å². The molecule has 0 radical (unpaired) electrons. The van der Waals surface area contributed by atoms with Crippen LogP contribution in [0.25, 0.3) is 0 Å². The molecule has 0 fully saturated rings. The number of hydrogen-bond acceptors (Lipinski definition) is 2. The van der Waals surface area contributed by atoms with Gasteiger partial charge in [-0.15, -0.1) is 0 Å². The molecule has 23 heavy (non-hydrogen) atoms. The van der Waals surface area contributed by atoms with E-state index < -0.39 is 0 Å². The average Bonchev–Trinajstić information content (AvgIpc) is 2.55. The number of nitrogens with one attached hydrogen (secondary N) is 1. The predicted octanol–water partition coefficient (Wildman–Crippen LogP) is 3.72. The van der Waals surface area contributed by atoms with E-state index >= 15 is 0 Å². The van der Waals surface area contributed by atoms with Crippen molar-refractivity contribution in [2.75, 3.05) is 11.9 Å². The zero-order valence-corrected chi connectivity index (χ0v) is 13.7. The minimum atomic E-state index is -0.330. The molecule has 2 amide bonds. The van der Waals surface area contributed by atoms with E-state index in [4.69, 9.17) is 11.6 Å². The summed E-state index contributed by atoms with van der Waals surface area (Å²) in [6.45, 7) is 2.96. The van der Waals surface area contributed by atoms with Crippen LogP contribution in [-0.4, -0.2) is 23.3 Å². The summed E-state index contributed by atoms with van der Waals surface area (Å²) >= 11 is 5.80. The lowest BCUT2D eigenvalue weighted by atomic mass is 10.2. The van der Waals surface area contributed by atoms with Gasteiger partial charge in [-0.2, -0.15) is 0 Å². The second-order valence-corrected chi connectivity index (χ2v) is 5.56. The summed E-state index contributed by atoms with van der Waals surface area (Å²) in [5.41, 5.74) is 1.67. The number of hydrogen-bond donors (Lipinski definition) is 1. The van der Waals surface area contributed by atoms with Gasteiger partial charge in [0, 0.05) is 23.8 Å². The molecule has 1 N–H and O–H groups in total. The van der Waals surface area contributed by atoms with Crippen molar-refractivity contribution in [2.24, 2.45) is 0 Å². The lowest BCUT2D eigenvalue weighted by Gasteiger charge is -2.20. The minimum absolute atomic E-state index is 0.177. The molecule has 120 valence electrons. The van der Waals surface area contributed by atoms with Crippen molar-refractivity contribution in [1.29, 1.82) is 0 Å². The Morgan fingerprint density at radius 1 is 1.04 bits per heavy atom. The van der Waals surface area contributed by atoms with E-state index in [0.29, 0.717) is 23.8 Å². The van der Waals surface area contributed by atoms with Gasteiger partial charge in [-0.25, -0.2) is 0 Å². The van der Waals surface area contributed by atoms with Crippen LogP contribution in [0.4, 0.5) is 5.69 Å². The van der Waals surface area contributed by atoms with Gasteiger partial charge in [0.2, 0.25) is 11.8 Å². The van der Waals surface area contributed by atoms with Crippen molar-refractivity contribution in [2.45, 2.75) is 19.9 Å². The van der Waals surface area contributed by atoms with Gasteiger partial charge < -0.3 is 10.2 Å². The maximum Gasteiger partial charge on any atom is 0.233 e. The Bertz CT molecular complexity index is 656. The van der Waals surface area contributed by atoms with E-state index in [1.54, 1.807) is 29.2 Å². The minimum Gasteiger partial charge on any atom is -0.338 e. The Morgan fingerprint density at radius 2 is 1.70 bits per heavy atom. The molecule has 0 aliphatic carbocycles. The van der Waals surface area contributed by atoms with E-state index in [1.807, 2.05) is 37.3 Å². The van der Waals surface area contributed by atoms with Crippen LogP contribution in [0.2, 0.25) is 5.02 Å². The van der Waals surface area contributed by atoms with Gasteiger partial charge >= 0.3 is 0 Å². The van der Waals surface area contributed by atoms with Gasteiger partial charge in [-0.3, -0.25) is 9.59 Å². The Kier molecular flexibility index (Phi) is 6.18. The maximum absolute atomic E-state index is 12.3. The predicted molar refractivity (Wildman–Crippen MR) is 92.2 cm³/mol.